The maximum absolute atomic E-state index is 12.6. The lowest BCUT2D eigenvalue weighted by molar-refractivity contribution is -0.132. The van der Waals surface area contributed by atoms with Gasteiger partial charge in [0, 0.05) is 12.5 Å². The van der Waals surface area contributed by atoms with Crippen LogP contribution in [0.2, 0.25) is 0 Å². The van der Waals surface area contributed by atoms with Gasteiger partial charge in [0.15, 0.2) is 11.5 Å². The quantitative estimate of drug-likeness (QED) is 0.289. The van der Waals surface area contributed by atoms with E-state index in [1.807, 2.05) is 0 Å². The van der Waals surface area contributed by atoms with E-state index < -0.39 is 11.9 Å². The Morgan fingerprint density at radius 3 is 2.38 bits per heavy atom. The van der Waals surface area contributed by atoms with Crippen LogP contribution < -0.4 is 9.64 Å². The van der Waals surface area contributed by atoms with E-state index in [0.717, 1.165) is 4.90 Å². The standard InChI is InChI=1S/C19H15NO6/c1-11(21)26-15-5-3-14(4-6-15)20-18(24)10-13(19(20)25)8-12-2-7-16(22)17(23)9-12/h2-9,22-23H,10H2,1H3/b13-8+. The Bertz CT molecular complexity index is 930. The highest BCUT2D eigenvalue weighted by Crippen LogP contribution is 2.30. The van der Waals surface area contributed by atoms with E-state index in [0.29, 0.717) is 17.0 Å². The van der Waals surface area contributed by atoms with E-state index in [9.17, 15) is 24.6 Å². The van der Waals surface area contributed by atoms with Crippen LogP contribution in [0.3, 0.4) is 0 Å². The zero-order valence-electron chi connectivity index (χ0n) is 13.8. The molecule has 0 saturated carbocycles. The minimum absolute atomic E-state index is 0.0772. The normalized spacial score (nSPS) is 15.6. The first-order chi connectivity index (χ1) is 12.3. The average molecular weight is 353 g/mol. The first-order valence-electron chi connectivity index (χ1n) is 7.73. The molecule has 1 fully saturated rings. The molecule has 2 aromatic carbocycles. The minimum atomic E-state index is -0.470. The Hall–Kier alpha value is -3.61. The predicted octanol–water partition coefficient (Wildman–Crippen LogP) is 2.37. The highest BCUT2D eigenvalue weighted by molar-refractivity contribution is 6.29. The Labute approximate surface area is 148 Å². The van der Waals surface area contributed by atoms with Crippen molar-refractivity contribution in [1.82, 2.24) is 0 Å². The zero-order chi connectivity index (χ0) is 18.8. The summed E-state index contributed by atoms with van der Waals surface area (Å²) in [6.07, 6.45) is 1.42. The predicted molar refractivity (Wildman–Crippen MR) is 92.6 cm³/mol. The van der Waals surface area contributed by atoms with Gasteiger partial charge in [0.25, 0.3) is 5.91 Å². The van der Waals surface area contributed by atoms with Crippen LogP contribution in [0, 0.1) is 0 Å². The van der Waals surface area contributed by atoms with Crippen LogP contribution in [0.25, 0.3) is 6.08 Å². The fraction of sp³-hybridized carbons (Fsp3) is 0.105. The van der Waals surface area contributed by atoms with Crippen molar-refractivity contribution in [3.63, 3.8) is 0 Å². The number of phenols is 2. The van der Waals surface area contributed by atoms with Gasteiger partial charge in [-0.3, -0.25) is 14.4 Å². The summed E-state index contributed by atoms with van der Waals surface area (Å²) in [5.74, 6) is -1.58. The lowest BCUT2D eigenvalue weighted by atomic mass is 10.1. The second kappa shape index (κ2) is 6.72. The SMILES string of the molecule is CC(=O)Oc1ccc(N2C(=O)C/C(=C\c3ccc(O)c(O)c3)C2=O)cc1. The maximum atomic E-state index is 12.6. The molecule has 1 aliphatic heterocycles. The smallest absolute Gasteiger partial charge is 0.308 e. The molecule has 2 N–H and O–H groups in total. The van der Waals surface area contributed by atoms with Gasteiger partial charge in [-0.1, -0.05) is 6.07 Å². The highest BCUT2D eigenvalue weighted by atomic mass is 16.5. The topological polar surface area (TPSA) is 104 Å². The number of benzene rings is 2. The summed E-state index contributed by atoms with van der Waals surface area (Å²) in [7, 11) is 0. The summed E-state index contributed by atoms with van der Waals surface area (Å²) < 4.78 is 4.92. The Kier molecular flexibility index (Phi) is 4.45. The van der Waals surface area contributed by atoms with Gasteiger partial charge in [0.1, 0.15) is 5.75 Å². The Morgan fingerprint density at radius 1 is 1.08 bits per heavy atom. The van der Waals surface area contributed by atoms with Gasteiger partial charge in [0.05, 0.1) is 12.1 Å². The number of esters is 1. The summed E-state index contributed by atoms with van der Waals surface area (Å²) in [4.78, 5) is 36.8. The lowest BCUT2D eigenvalue weighted by Crippen LogP contribution is -2.28. The molecular formula is C19H15NO6. The molecule has 0 spiro atoms. The van der Waals surface area contributed by atoms with Crippen LogP contribution in [-0.2, 0) is 14.4 Å². The molecule has 0 unspecified atom stereocenters. The van der Waals surface area contributed by atoms with Crippen molar-refractivity contribution >= 4 is 29.5 Å². The molecule has 0 bridgehead atoms. The molecule has 2 amide bonds. The van der Waals surface area contributed by atoms with Crippen LogP contribution in [-0.4, -0.2) is 28.0 Å². The largest absolute Gasteiger partial charge is 0.504 e. The number of anilines is 1. The van der Waals surface area contributed by atoms with Crippen molar-refractivity contribution in [3.8, 4) is 17.2 Å². The van der Waals surface area contributed by atoms with Crippen LogP contribution in [0.5, 0.6) is 17.2 Å². The van der Waals surface area contributed by atoms with Gasteiger partial charge in [-0.05, 0) is 48.0 Å². The molecular weight excluding hydrogens is 338 g/mol. The highest BCUT2D eigenvalue weighted by Gasteiger charge is 2.34. The van der Waals surface area contributed by atoms with E-state index in [4.69, 9.17) is 4.74 Å². The van der Waals surface area contributed by atoms with E-state index in [1.165, 1.54) is 55.5 Å². The van der Waals surface area contributed by atoms with Crippen molar-refractivity contribution in [1.29, 1.82) is 0 Å². The number of aromatic hydroxyl groups is 2. The summed E-state index contributed by atoms with van der Waals surface area (Å²) >= 11 is 0. The van der Waals surface area contributed by atoms with Crippen molar-refractivity contribution < 1.29 is 29.3 Å². The molecule has 1 heterocycles. The van der Waals surface area contributed by atoms with Crippen molar-refractivity contribution in [2.45, 2.75) is 13.3 Å². The number of carbonyl (C=O) groups excluding carboxylic acids is 3. The molecule has 1 saturated heterocycles. The van der Waals surface area contributed by atoms with Gasteiger partial charge in [0.2, 0.25) is 5.91 Å². The molecule has 7 nitrogen and oxygen atoms in total. The Morgan fingerprint density at radius 2 is 1.77 bits per heavy atom. The summed E-state index contributed by atoms with van der Waals surface area (Å²) in [5.41, 5.74) is 1.13. The van der Waals surface area contributed by atoms with E-state index in [1.54, 1.807) is 0 Å². The van der Waals surface area contributed by atoms with Crippen LogP contribution in [0.15, 0.2) is 48.0 Å². The molecule has 0 radical (unpaired) electrons. The molecule has 7 heteroatoms. The summed E-state index contributed by atoms with van der Waals surface area (Å²) in [6.45, 7) is 1.28. The minimum Gasteiger partial charge on any atom is -0.504 e. The van der Waals surface area contributed by atoms with E-state index >= 15 is 0 Å². The molecule has 0 aliphatic carbocycles. The van der Waals surface area contributed by atoms with Gasteiger partial charge in [-0.15, -0.1) is 0 Å². The van der Waals surface area contributed by atoms with E-state index in [2.05, 4.69) is 0 Å². The fourth-order valence-corrected chi connectivity index (χ4v) is 2.61. The molecule has 0 atom stereocenters. The number of phenolic OH excluding ortho intramolecular Hbond substituents is 2. The van der Waals surface area contributed by atoms with Gasteiger partial charge in [-0.25, -0.2) is 4.90 Å². The number of hydrogen-bond donors (Lipinski definition) is 2. The lowest BCUT2D eigenvalue weighted by Gasteiger charge is -2.13. The zero-order valence-corrected chi connectivity index (χ0v) is 13.8. The van der Waals surface area contributed by atoms with Crippen LogP contribution in [0.1, 0.15) is 18.9 Å². The monoisotopic (exact) mass is 353 g/mol. The first-order valence-corrected chi connectivity index (χ1v) is 7.73. The number of hydrogen-bond acceptors (Lipinski definition) is 6. The second-order valence-electron chi connectivity index (χ2n) is 5.72. The fourth-order valence-electron chi connectivity index (χ4n) is 2.61. The van der Waals surface area contributed by atoms with Crippen molar-refractivity contribution in [3.05, 3.63) is 53.6 Å². The van der Waals surface area contributed by atoms with Gasteiger partial charge in [-0.2, -0.15) is 0 Å². The maximum Gasteiger partial charge on any atom is 0.308 e. The number of rotatable bonds is 3. The average Bonchev–Trinajstić information content (AvgIpc) is 2.85. The molecule has 26 heavy (non-hydrogen) atoms. The number of nitrogens with zero attached hydrogens (tertiary/aromatic N) is 1. The van der Waals surface area contributed by atoms with E-state index in [-0.39, 0.29) is 29.4 Å². The molecule has 1 aliphatic rings. The number of amides is 2. The molecule has 0 aromatic heterocycles. The summed E-state index contributed by atoms with van der Waals surface area (Å²) in [6, 6.07) is 10.2. The van der Waals surface area contributed by atoms with Gasteiger partial charge < -0.3 is 14.9 Å². The van der Waals surface area contributed by atoms with Gasteiger partial charge >= 0.3 is 5.97 Å². The molecule has 2 aromatic rings. The van der Waals surface area contributed by atoms with Crippen LogP contribution >= 0.6 is 0 Å². The third-order valence-corrected chi connectivity index (χ3v) is 3.77. The number of imide groups is 1. The Balaban J connectivity index is 1.85. The number of ether oxygens (including phenoxy) is 1. The number of carbonyl (C=O) groups is 3. The molecule has 3 rings (SSSR count). The first kappa shape index (κ1) is 17.2. The second-order valence-corrected chi connectivity index (χ2v) is 5.72. The van der Waals surface area contributed by atoms with Crippen LogP contribution in [0.4, 0.5) is 5.69 Å². The molecule has 132 valence electrons. The summed E-state index contributed by atoms with van der Waals surface area (Å²) in [5, 5.41) is 18.9. The third kappa shape index (κ3) is 3.41. The van der Waals surface area contributed by atoms with Crippen molar-refractivity contribution in [2.24, 2.45) is 0 Å². The van der Waals surface area contributed by atoms with Crippen molar-refractivity contribution in [2.75, 3.05) is 4.90 Å². The third-order valence-electron chi connectivity index (χ3n) is 3.77.